The summed E-state index contributed by atoms with van der Waals surface area (Å²) in [5.74, 6) is -0.276. The van der Waals surface area contributed by atoms with E-state index in [1.54, 1.807) is 23.6 Å². The Morgan fingerprint density at radius 1 is 1.11 bits per heavy atom. The van der Waals surface area contributed by atoms with Crippen LogP contribution in [0.15, 0.2) is 60.0 Å². The molecule has 0 spiro atoms. The summed E-state index contributed by atoms with van der Waals surface area (Å²) in [5, 5.41) is 5.41. The van der Waals surface area contributed by atoms with Crippen molar-refractivity contribution in [3.05, 3.63) is 71.2 Å². The van der Waals surface area contributed by atoms with Gasteiger partial charge in [0, 0.05) is 16.6 Å². The zero-order chi connectivity index (χ0) is 19.4. The number of aromatic nitrogens is 1. The maximum absolute atomic E-state index is 12.5. The zero-order valence-corrected chi connectivity index (χ0v) is 16.5. The number of nitrogens with one attached hydrogen (secondary N) is 2. The second-order valence-electron chi connectivity index (χ2n) is 6.10. The Morgan fingerprint density at radius 3 is 2.56 bits per heavy atom. The average Bonchev–Trinajstić information content (AvgIpc) is 3.11. The predicted molar refractivity (Wildman–Crippen MR) is 108 cm³/mol. The Balaban J connectivity index is 1.71. The molecule has 3 aromatic rings. The first kappa shape index (κ1) is 19.1. The van der Waals surface area contributed by atoms with Crippen molar-refractivity contribution in [2.75, 3.05) is 11.0 Å². The van der Waals surface area contributed by atoms with Gasteiger partial charge in [0.15, 0.2) is 0 Å². The van der Waals surface area contributed by atoms with Gasteiger partial charge in [-0.25, -0.2) is 13.4 Å². The van der Waals surface area contributed by atoms with Crippen LogP contribution in [-0.2, 0) is 10.0 Å². The quantitative estimate of drug-likeness (QED) is 0.660. The second kappa shape index (κ2) is 7.89. The fourth-order valence-corrected chi connectivity index (χ4v) is 3.89. The molecule has 0 saturated heterocycles. The first-order chi connectivity index (χ1) is 12.8. The van der Waals surface area contributed by atoms with Crippen LogP contribution in [-0.4, -0.2) is 25.6 Å². The van der Waals surface area contributed by atoms with Crippen molar-refractivity contribution in [2.45, 2.75) is 13.0 Å². The molecule has 1 heterocycles. The summed E-state index contributed by atoms with van der Waals surface area (Å²) >= 11 is 1.41. The highest BCUT2D eigenvalue weighted by Gasteiger charge is 2.16. The van der Waals surface area contributed by atoms with E-state index >= 15 is 0 Å². The first-order valence-electron chi connectivity index (χ1n) is 8.21. The van der Waals surface area contributed by atoms with Crippen molar-refractivity contribution in [3.8, 4) is 10.6 Å². The van der Waals surface area contributed by atoms with Crippen molar-refractivity contribution in [1.82, 2.24) is 10.3 Å². The van der Waals surface area contributed by atoms with Crippen LogP contribution >= 0.6 is 11.3 Å². The molecule has 8 heteroatoms. The van der Waals surface area contributed by atoms with E-state index in [4.69, 9.17) is 0 Å². The van der Waals surface area contributed by atoms with Gasteiger partial charge in [0.25, 0.3) is 5.91 Å². The number of thiazole rings is 1. The zero-order valence-electron chi connectivity index (χ0n) is 14.8. The number of benzene rings is 2. The number of rotatable bonds is 6. The Hall–Kier alpha value is -2.71. The van der Waals surface area contributed by atoms with Crippen molar-refractivity contribution in [1.29, 1.82) is 0 Å². The molecule has 3 rings (SSSR count). The lowest BCUT2D eigenvalue weighted by Gasteiger charge is -2.15. The van der Waals surface area contributed by atoms with Crippen LogP contribution in [0.2, 0.25) is 0 Å². The Morgan fingerprint density at radius 2 is 1.85 bits per heavy atom. The van der Waals surface area contributed by atoms with Gasteiger partial charge >= 0.3 is 0 Å². The van der Waals surface area contributed by atoms with Gasteiger partial charge in [-0.15, -0.1) is 11.3 Å². The van der Waals surface area contributed by atoms with Crippen molar-refractivity contribution in [2.24, 2.45) is 0 Å². The third-order valence-corrected chi connectivity index (χ3v) is 5.29. The van der Waals surface area contributed by atoms with E-state index in [0.29, 0.717) is 11.4 Å². The number of carbonyl (C=O) groups excluding carboxylic acids is 1. The monoisotopic (exact) mass is 401 g/mol. The summed E-state index contributed by atoms with van der Waals surface area (Å²) in [7, 11) is -3.36. The maximum Gasteiger partial charge on any atom is 0.271 e. The summed E-state index contributed by atoms with van der Waals surface area (Å²) in [5.41, 5.74) is 2.57. The molecule has 1 unspecified atom stereocenters. The van der Waals surface area contributed by atoms with Crippen LogP contribution in [0.3, 0.4) is 0 Å². The molecule has 0 saturated carbocycles. The minimum atomic E-state index is -3.36. The number of nitrogens with zero attached hydrogens (tertiary/aromatic N) is 1. The second-order valence-corrected chi connectivity index (χ2v) is 8.71. The molecule has 2 N–H and O–H groups in total. The summed E-state index contributed by atoms with van der Waals surface area (Å²) in [4.78, 5) is 16.9. The van der Waals surface area contributed by atoms with Crippen molar-refractivity contribution in [3.63, 3.8) is 0 Å². The molecule has 0 bridgehead atoms. The number of amides is 1. The van der Waals surface area contributed by atoms with Crippen molar-refractivity contribution >= 4 is 33.0 Å². The third-order valence-electron chi connectivity index (χ3n) is 3.80. The molecular formula is C19H19N3O3S2. The number of hydrogen-bond donors (Lipinski definition) is 2. The van der Waals surface area contributed by atoms with Crippen LogP contribution < -0.4 is 10.0 Å². The molecule has 1 atom stereocenters. The van der Waals surface area contributed by atoms with Gasteiger partial charge < -0.3 is 5.32 Å². The molecule has 140 valence electrons. The van der Waals surface area contributed by atoms with E-state index in [0.717, 1.165) is 22.4 Å². The number of anilines is 1. The molecule has 1 amide bonds. The fraction of sp³-hybridized carbons (Fsp3) is 0.158. The summed E-state index contributed by atoms with van der Waals surface area (Å²) in [6, 6.07) is 16.3. The minimum Gasteiger partial charge on any atom is -0.344 e. The maximum atomic E-state index is 12.5. The van der Waals surface area contributed by atoms with Crippen LogP contribution in [0.5, 0.6) is 0 Å². The topological polar surface area (TPSA) is 88.2 Å². The summed E-state index contributed by atoms with van der Waals surface area (Å²) < 4.78 is 25.2. The van der Waals surface area contributed by atoms with E-state index in [2.05, 4.69) is 15.0 Å². The Bertz CT molecular complexity index is 1050. The van der Waals surface area contributed by atoms with E-state index < -0.39 is 10.0 Å². The molecule has 0 fully saturated rings. The summed E-state index contributed by atoms with van der Waals surface area (Å²) in [6.45, 7) is 1.84. The lowest BCUT2D eigenvalue weighted by molar-refractivity contribution is 0.0935. The van der Waals surface area contributed by atoms with Gasteiger partial charge in [-0.3, -0.25) is 9.52 Å². The summed E-state index contributed by atoms with van der Waals surface area (Å²) in [6.07, 6.45) is 1.09. The van der Waals surface area contributed by atoms with Crippen LogP contribution in [0.4, 0.5) is 5.69 Å². The van der Waals surface area contributed by atoms with Crippen LogP contribution in [0, 0.1) is 0 Å². The minimum absolute atomic E-state index is 0.276. The van der Waals surface area contributed by atoms with Gasteiger partial charge in [-0.1, -0.05) is 42.5 Å². The van der Waals surface area contributed by atoms with Crippen LogP contribution in [0.1, 0.15) is 29.0 Å². The predicted octanol–water partition coefficient (Wildman–Crippen LogP) is 3.67. The fourth-order valence-electron chi connectivity index (χ4n) is 2.53. The van der Waals surface area contributed by atoms with E-state index in [-0.39, 0.29) is 11.9 Å². The van der Waals surface area contributed by atoms with Gasteiger partial charge in [-0.05, 0) is 24.6 Å². The first-order valence-corrected chi connectivity index (χ1v) is 11.0. The molecule has 2 aromatic carbocycles. The van der Waals surface area contributed by atoms with Gasteiger partial charge in [-0.2, -0.15) is 0 Å². The van der Waals surface area contributed by atoms with Crippen molar-refractivity contribution < 1.29 is 13.2 Å². The molecule has 1 aromatic heterocycles. The van der Waals surface area contributed by atoms with E-state index in [1.807, 2.05) is 43.3 Å². The van der Waals surface area contributed by atoms with Gasteiger partial charge in [0.05, 0.1) is 12.3 Å². The number of sulfonamides is 1. The third kappa shape index (κ3) is 5.15. The Kier molecular flexibility index (Phi) is 5.57. The molecule has 0 aliphatic rings. The smallest absolute Gasteiger partial charge is 0.271 e. The lowest BCUT2D eigenvalue weighted by atomic mass is 10.1. The van der Waals surface area contributed by atoms with Crippen LogP contribution in [0.25, 0.3) is 10.6 Å². The largest absolute Gasteiger partial charge is 0.344 e. The van der Waals surface area contributed by atoms with Gasteiger partial charge in [0.1, 0.15) is 10.7 Å². The van der Waals surface area contributed by atoms with Gasteiger partial charge in [0.2, 0.25) is 10.0 Å². The molecule has 0 aliphatic carbocycles. The van der Waals surface area contributed by atoms with E-state index in [9.17, 15) is 13.2 Å². The van der Waals surface area contributed by atoms with E-state index in [1.165, 1.54) is 11.3 Å². The highest BCUT2D eigenvalue weighted by atomic mass is 32.2. The number of hydrogen-bond acceptors (Lipinski definition) is 5. The normalized spacial score (nSPS) is 12.4. The lowest BCUT2D eigenvalue weighted by Crippen LogP contribution is -2.27. The molecule has 6 nitrogen and oxygen atoms in total. The highest BCUT2D eigenvalue weighted by Crippen LogP contribution is 2.24. The standard InChI is InChI=1S/C19H19N3O3S2/c1-13(15-9-6-10-16(11-15)22-27(2,24)25)20-18(23)17-12-26-19(21-17)14-7-4-3-5-8-14/h3-13,22H,1-2H3,(H,20,23). The SMILES string of the molecule is CC(NC(=O)c1csc(-c2ccccc2)n1)c1cccc(NS(C)(=O)=O)c1. The average molecular weight is 402 g/mol. The number of carbonyl (C=O) groups is 1. The Labute approximate surface area is 162 Å². The molecule has 27 heavy (non-hydrogen) atoms. The molecular weight excluding hydrogens is 382 g/mol. The highest BCUT2D eigenvalue weighted by molar-refractivity contribution is 7.92. The molecule has 0 radical (unpaired) electrons. The molecule has 0 aliphatic heterocycles.